The van der Waals surface area contributed by atoms with Gasteiger partial charge >= 0.3 is 0 Å². The van der Waals surface area contributed by atoms with Crippen molar-refractivity contribution >= 4 is 16.7 Å². The van der Waals surface area contributed by atoms with E-state index in [4.69, 9.17) is 9.26 Å². The molecule has 0 spiro atoms. The van der Waals surface area contributed by atoms with Crippen LogP contribution in [0.25, 0.3) is 22.2 Å². The molecule has 2 aromatic carbocycles. The van der Waals surface area contributed by atoms with Gasteiger partial charge in [-0.05, 0) is 37.4 Å². The molecule has 0 radical (unpaired) electrons. The number of methoxy groups -OCH3 is 1. The highest BCUT2D eigenvalue weighted by atomic mass is 16.5. The molecule has 4 rings (SSSR count). The van der Waals surface area contributed by atoms with Crippen molar-refractivity contribution in [2.75, 3.05) is 34.3 Å². The number of aryl methyl sites for hydroxylation is 1. The quantitative estimate of drug-likeness (QED) is 0.371. The fraction of sp³-hybridized carbons (Fsp3) is 0.320. The maximum absolute atomic E-state index is 12.6. The summed E-state index contributed by atoms with van der Waals surface area (Å²) >= 11 is 0. The lowest BCUT2D eigenvalue weighted by Gasteiger charge is -2.22. The Hall–Kier alpha value is -4.05. The summed E-state index contributed by atoms with van der Waals surface area (Å²) in [5.74, 6) is 1.65. The summed E-state index contributed by atoms with van der Waals surface area (Å²) in [5, 5.41) is 12.2. The Kier molecular flexibility index (Phi) is 7.51. The van der Waals surface area contributed by atoms with E-state index in [1.165, 1.54) is 0 Å². The van der Waals surface area contributed by atoms with Gasteiger partial charge in [0, 0.05) is 50.5 Å². The summed E-state index contributed by atoms with van der Waals surface area (Å²) in [5.41, 5.74) is 1.41. The summed E-state index contributed by atoms with van der Waals surface area (Å²) in [6.07, 6.45) is 0.645. The van der Waals surface area contributed by atoms with E-state index in [1.54, 1.807) is 25.1 Å². The third-order valence-electron chi connectivity index (χ3n) is 5.81. The molecular weight excluding hydrogens is 448 g/mol. The molecular formula is C25H28N6O4. The molecule has 1 amide bonds. The number of nitrogens with zero attached hydrogens (tertiary/aromatic N) is 5. The minimum Gasteiger partial charge on any atom is -0.497 e. The molecule has 0 bridgehead atoms. The van der Waals surface area contributed by atoms with E-state index in [9.17, 15) is 9.59 Å². The van der Waals surface area contributed by atoms with E-state index in [1.807, 2.05) is 49.5 Å². The Balaban J connectivity index is 1.26. The fourth-order valence-corrected chi connectivity index (χ4v) is 3.69. The summed E-state index contributed by atoms with van der Waals surface area (Å²) in [6.45, 7) is 1.76. The van der Waals surface area contributed by atoms with Gasteiger partial charge in [-0.3, -0.25) is 14.5 Å². The normalized spacial score (nSPS) is 11.2. The summed E-state index contributed by atoms with van der Waals surface area (Å²) in [4.78, 5) is 32.7. The zero-order valence-electron chi connectivity index (χ0n) is 20.0. The van der Waals surface area contributed by atoms with Crippen molar-refractivity contribution in [3.05, 3.63) is 70.5 Å². The number of carbonyl (C=O) groups excluding carboxylic acids is 1. The van der Waals surface area contributed by atoms with Crippen LogP contribution in [-0.2, 0) is 17.8 Å². The first-order chi connectivity index (χ1) is 16.9. The molecule has 0 fully saturated rings. The number of H-pyrrole nitrogens is 1. The van der Waals surface area contributed by atoms with Crippen LogP contribution in [0.3, 0.4) is 0 Å². The van der Waals surface area contributed by atoms with Gasteiger partial charge in [-0.25, -0.2) is 5.10 Å². The van der Waals surface area contributed by atoms with Crippen LogP contribution in [-0.4, -0.2) is 70.3 Å². The maximum atomic E-state index is 12.6. The molecule has 2 heterocycles. The number of amides is 1. The number of ether oxygens (including phenoxy) is 1. The van der Waals surface area contributed by atoms with Crippen LogP contribution in [0.15, 0.2) is 57.8 Å². The molecule has 1 N–H and O–H groups in total. The molecule has 2 aromatic heterocycles. The Labute approximate surface area is 202 Å². The van der Waals surface area contributed by atoms with Gasteiger partial charge < -0.3 is 14.2 Å². The monoisotopic (exact) mass is 476 g/mol. The van der Waals surface area contributed by atoms with Crippen LogP contribution in [0, 0.1) is 0 Å². The number of rotatable bonds is 10. The molecule has 182 valence electrons. The fourth-order valence-electron chi connectivity index (χ4n) is 3.69. The highest BCUT2D eigenvalue weighted by Gasteiger charge is 2.15. The number of likely N-dealkylation sites (N-methyl/N-ethyl adjacent to an activating group) is 2. The molecule has 0 atom stereocenters. The molecule has 4 aromatic rings. The van der Waals surface area contributed by atoms with E-state index in [0.29, 0.717) is 43.2 Å². The lowest BCUT2D eigenvalue weighted by molar-refractivity contribution is -0.130. The van der Waals surface area contributed by atoms with Crippen molar-refractivity contribution in [2.24, 2.45) is 0 Å². The van der Waals surface area contributed by atoms with Gasteiger partial charge in [-0.2, -0.15) is 10.1 Å². The van der Waals surface area contributed by atoms with Crippen LogP contribution >= 0.6 is 0 Å². The van der Waals surface area contributed by atoms with Gasteiger partial charge in [-0.15, -0.1) is 0 Å². The van der Waals surface area contributed by atoms with E-state index < -0.39 is 0 Å². The SMILES string of the molecule is COc1ccc(-c2noc(CCC(=O)N(C)CCN(C)Cc3n[nH]c(=O)c4ccccc34)n2)cc1. The highest BCUT2D eigenvalue weighted by molar-refractivity contribution is 5.83. The number of aromatic nitrogens is 4. The summed E-state index contributed by atoms with van der Waals surface area (Å²) < 4.78 is 10.5. The van der Waals surface area contributed by atoms with Crippen molar-refractivity contribution in [2.45, 2.75) is 19.4 Å². The van der Waals surface area contributed by atoms with E-state index in [-0.39, 0.29) is 17.9 Å². The molecule has 0 unspecified atom stereocenters. The molecule has 0 saturated carbocycles. The number of hydrogen-bond donors (Lipinski definition) is 1. The van der Waals surface area contributed by atoms with Gasteiger partial charge in [0.05, 0.1) is 18.2 Å². The van der Waals surface area contributed by atoms with Crippen molar-refractivity contribution in [1.82, 2.24) is 30.1 Å². The third kappa shape index (κ3) is 5.90. The number of hydrogen-bond acceptors (Lipinski definition) is 8. The standard InChI is InChI=1S/C25H28N6O4/c1-30(16-21-19-6-4-5-7-20(19)25(33)28-27-21)14-15-31(2)23(32)13-12-22-26-24(29-35-22)17-8-10-18(34-3)11-9-17/h4-11H,12-16H2,1-3H3,(H,28,33). The number of carbonyl (C=O) groups is 1. The third-order valence-corrected chi connectivity index (χ3v) is 5.81. The van der Waals surface area contributed by atoms with Gasteiger partial charge in [0.1, 0.15) is 5.75 Å². The number of fused-ring (bicyclic) bond motifs is 1. The molecule has 10 nitrogen and oxygen atoms in total. The minimum absolute atomic E-state index is 0.00443. The lowest BCUT2D eigenvalue weighted by Crippen LogP contribution is -2.35. The van der Waals surface area contributed by atoms with Crippen molar-refractivity contribution in [3.63, 3.8) is 0 Å². The van der Waals surface area contributed by atoms with Gasteiger partial charge in [0.15, 0.2) is 0 Å². The van der Waals surface area contributed by atoms with E-state index >= 15 is 0 Å². The minimum atomic E-state index is -0.199. The summed E-state index contributed by atoms with van der Waals surface area (Å²) in [7, 11) is 5.35. The van der Waals surface area contributed by atoms with Gasteiger partial charge in [0.25, 0.3) is 5.56 Å². The molecule has 10 heteroatoms. The number of aromatic amines is 1. The smallest absolute Gasteiger partial charge is 0.272 e. The maximum Gasteiger partial charge on any atom is 0.272 e. The average Bonchev–Trinajstić information content (AvgIpc) is 3.37. The average molecular weight is 477 g/mol. The first-order valence-electron chi connectivity index (χ1n) is 11.3. The first-order valence-corrected chi connectivity index (χ1v) is 11.3. The summed E-state index contributed by atoms with van der Waals surface area (Å²) in [6, 6.07) is 14.8. The molecule has 0 aliphatic carbocycles. The largest absolute Gasteiger partial charge is 0.497 e. The Morgan fingerprint density at radius 1 is 1.06 bits per heavy atom. The van der Waals surface area contributed by atoms with Crippen molar-refractivity contribution < 1.29 is 14.1 Å². The van der Waals surface area contributed by atoms with Crippen LogP contribution in [0.5, 0.6) is 5.75 Å². The van der Waals surface area contributed by atoms with E-state index in [0.717, 1.165) is 22.4 Å². The Bertz CT molecular complexity index is 1350. The predicted octanol–water partition coefficient (Wildman–Crippen LogP) is 2.50. The van der Waals surface area contributed by atoms with Crippen LogP contribution in [0.4, 0.5) is 0 Å². The number of benzene rings is 2. The molecule has 0 saturated heterocycles. The zero-order valence-corrected chi connectivity index (χ0v) is 20.0. The predicted molar refractivity (Wildman–Crippen MR) is 131 cm³/mol. The van der Waals surface area contributed by atoms with Crippen LogP contribution < -0.4 is 10.3 Å². The lowest BCUT2D eigenvalue weighted by atomic mass is 10.1. The topological polar surface area (TPSA) is 117 Å². The van der Waals surface area contributed by atoms with Gasteiger partial charge in [-0.1, -0.05) is 23.4 Å². The second-order valence-electron chi connectivity index (χ2n) is 8.34. The highest BCUT2D eigenvalue weighted by Crippen LogP contribution is 2.20. The Morgan fingerprint density at radius 3 is 2.54 bits per heavy atom. The van der Waals surface area contributed by atoms with Crippen LogP contribution in [0.1, 0.15) is 18.0 Å². The van der Waals surface area contributed by atoms with Crippen LogP contribution in [0.2, 0.25) is 0 Å². The molecule has 35 heavy (non-hydrogen) atoms. The molecule has 0 aliphatic rings. The second kappa shape index (κ2) is 10.9. The van der Waals surface area contributed by atoms with Gasteiger partial charge in [0.2, 0.25) is 17.6 Å². The molecule has 0 aliphatic heterocycles. The Morgan fingerprint density at radius 2 is 1.80 bits per heavy atom. The first kappa shape index (κ1) is 24.1. The second-order valence-corrected chi connectivity index (χ2v) is 8.34. The van der Waals surface area contributed by atoms with E-state index in [2.05, 4.69) is 25.2 Å². The van der Waals surface area contributed by atoms with Crippen molar-refractivity contribution in [3.8, 4) is 17.1 Å². The zero-order chi connectivity index (χ0) is 24.8. The number of nitrogens with one attached hydrogen (secondary N) is 1. The van der Waals surface area contributed by atoms with Crippen molar-refractivity contribution in [1.29, 1.82) is 0 Å².